The van der Waals surface area contributed by atoms with Gasteiger partial charge in [0.25, 0.3) is 0 Å². The second kappa shape index (κ2) is 7.80. The lowest BCUT2D eigenvalue weighted by atomic mass is 10.3. The van der Waals surface area contributed by atoms with Gasteiger partial charge in [-0.25, -0.2) is 9.24 Å². The number of carbonyl (C=O) groups excluding carboxylic acids is 1. The van der Waals surface area contributed by atoms with Gasteiger partial charge in [0.15, 0.2) is 17.3 Å². The van der Waals surface area contributed by atoms with Gasteiger partial charge < -0.3 is 19.4 Å². The van der Waals surface area contributed by atoms with E-state index in [-0.39, 0.29) is 18.9 Å². The molecule has 2 aromatic rings. The van der Waals surface area contributed by atoms with Crippen LogP contribution in [0.25, 0.3) is 4.85 Å². The lowest BCUT2D eigenvalue weighted by molar-refractivity contribution is -0.312. The zero-order chi connectivity index (χ0) is 16.1. The lowest BCUT2D eigenvalue weighted by Gasteiger charge is -2.15. The van der Waals surface area contributed by atoms with Crippen LogP contribution in [-0.4, -0.2) is 12.1 Å². The number of rotatable bonds is 5. The maximum absolute atomic E-state index is 13.7. The summed E-state index contributed by atoms with van der Waals surface area (Å²) in [7, 11) is 0. The van der Waals surface area contributed by atoms with Crippen LogP contribution in [0, 0.1) is 12.4 Å². The van der Waals surface area contributed by atoms with Crippen molar-refractivity contribution in [2.45, 2.75) is 20.5 Å². The van der Waals surface area contributed by atoms with Crippen LogP contribution in [0.3, 0.4) is 0 Å². The van der Waals surface area contributed by atoms with Crippen LogP contribution in [0.4, 0.5) is 10.1 Å². The van der Waals surface area contributed by atoms with Crippen molar-refractivity contribution in [1.82, 2.24) is 0 Å². The molecule has 2 aromatic carbocycles. The third-order valence-corrected chi connectivity index (χ3v) is 2.74. The van der Waals surface area contributed by atoms with Crippen molar-refractivity contribution >= 4 is 11.7 Å². The molecule has 0 spiro atoms. The molecule has 0 aliphatic carbocycles. The van der Waals surface area contributed by atoms with E-state index in [0.29, 0.717) is 11.5 Å². The molecule has 0 radical (unpaired) electrons. The fourth-order valence-electron chi connectivity index (χ4n) is 1.61. The second-order valence-electron chi connectivity index (χ2n) is 4.38. The molecule has 0 fully saturated rings. The van der Waals surface area contributed by atoms with E-state index < -0.39 is 17.9 Å². The Labute approximate surface area is 133 Å². The number of halogens is 1. The molecule has 5 nitrogen and oxygen atoms in total. The topological polar surface area (TPSA) is 63.0 Å². The van der Waals surface area contributed by atoms with Gasteiger partial charge in [0.2, 0.25) is 0 Å². The maximum Gasteiger partial charge on any atom is 0.190 e. The minimum atomic E-state index is -1.32. The number of nitrogens with zero attached hydrogens (tertiary/aromatic N) is 1. The van der Waals surface area contributed by atoms with E-state index in [9.17, 15) is 14.3 Å². The molecular weight excluding hydrogens is 301 g/mol. The van der Waals surface area contributed by atoms with Gasteiger partial charge >= 0.3 is 0 Å². The van der Waals surface area contributed by atoms with Crippen molar-refractivity contribution in [3.05, 3.63) is 59.7 Å². The summed E-state index contributed by atoms with van der Waals surface area (Å²) in [6.45, 7) is 8.15. The first-order valence-corrected chi connectivity index (χ1v) is 6.32. The van der Waals surface area contributed by atoms with Crippen molar-refractivity contribution in [1.29, 1.82) is 0 Å². The summed E-state index contributed by atoms with van der Waals surface area (Å²) >= 11 is 0. The molecule has 2 rings (SSSR count). The molecule has 0 saturated carbocycles. The van der Waals surface area contributed by atoms with Crippen LogP contribution in [0.1, 0.15) is 14.4 Å². The number of carboxylic acids is 1. The summed E-state index contributed by atoms with van der Waals surface area (Å²) in [6.07, 6.45) is -1.08. The Morgan fingerprint density at radius 3 is 2.35 bits per heavy atom. The average Bonchev–Trinajstić information content (AvgIpc) is 2.51. The Hall–Kier alpha value is -3.07. The van der Waals surface area contributed by atoms with Crippen molar-refractivity contribution in [2.75, 3.05) is 0 Å². The Bertz CT molecular complexity index is 722. The molecule has 6 heteroatoms. The Morgan fingerprint density at radius 1 is 1.22 bits per heavy atom. The third kappa shape index (κ3) is 4.71. The minimum absolute atomic E-state index is 0. The largest absolute Gasteiger partial charge is 0.546 e. The van der Waals surface area contributed by atoms with Gasteiger partial charge in [0, 0.05) is 0 Å². The number of ether oxygens (including phenoxy) is 2. The molecule has 0 bridgehead atoms. The van der Waals surface area contributed by atoms with Crippen LogP contribution in [0.2, 0.25) is 0 Å². The van der Waals surface area contributed by atoms with Gasteiger partial charge in [0.05, 0.1) is 12.5 Å². The predicted molar refractivity (Wildman–Crippen MR) is 81.0 cm³/mol. The summed E-state index contributed by atoms with van der Waals surface area (Å²) in [6, 6.07) is 9.93. The van der Waals surface area contributed by atoms with E-state index in [2.05, 4.69) is 4.85 Å². The number of benzene rings is 2. The number of hydrogen-bond acceptors (Lipinski definition) is 4. The molecular formula is C17H15FNO4-. The molecule has 0 aliphatic rings. The predicted octanol–water partition coefficient (Wildman–Crippen LogP) is 3.32. The van der Waals surface area contributed by atoms with Crippen LogP contribution < -0.4 is 14.6 Å². The van der Waals surface area contributed by atoms with Gasteiger partial charge in [-0.15, -0.1) is 0 Å². The summed E-state index contributed by atoms with van der Waals surface area (Å²) < 4.78 is 24.2. The Morgan fingerprint density at radius 2 is 1.83 bits per heavy atom. The van der Waals surface area contributed by atoms with E-state index >= 15 is 0 Å². The lowest BCUT2D eigenvalue weighted by Crippen LogP contribution is -2.37. The molecule has 1 atom stereocenters. The molecule has 120 valence electrons. The highest BCUT2D eigenvalue weighted by atomic mass is 19.1. The number of aliphatic carboxylic acids is 1. The van der Waals surface area contributed by atoms with Crippen LogP contribution in [0.15, 0.2) is 42.5 Å². The molecule has 0 aromatic heterocycles. The Kier molecular flexibility index (Phi) is 6.10. The van der Waals surface area contributed by atoms with Crippen LogP contribution in [-0.2, 0) is 4.79 Å². The Balaban J connectivity index is 0.00000264. The van der Waals surface area contributed by atoms with Crippen molar-refractivity contribution in [3.8, 4) is 17.2 Å². The molecule has 23 heavy (non-hydrogen) atoms. The van der Waals surface area contributed by atoms with Crippen LogP contribution >= 0.6 is 0 Å². The highest BCUT2D eigenvalue weighted by molar-refractivity contribution is 5.69. The van der Waals surface area contributed by atoms with E-state index in [1.54, 1.807) is 0 Å². The summed E-state index contributed by atoms with van der Waals surface area (Å²) in [5.74, 6) is -1.29. The van der Waals surface area contributed by atoms with Crippen molar-refractivity contribution < 1.29 is 23.8 Å². The molecule has 0 N–H and O–H groups in total. The summed E-state index contributed by atoms with van der Waals surface area (Å²) in [4.78, 5) is 13.7. The number of hydrogen-bond donors (Lipinski definition) is 0. The zero-order valence-corrected chi connectivity index (χ0v) is 11.6. The average molecular weight is 316 g/mol. The summed E-state index contributed by atoms with van der Waals surface area (Å²) in [5, 5.41) is 10.6. The molecule has 0 aliphatic heterocycles. The molecule has 0 amide bonds. The summed E-state index contributed by atoms with van der Waals surface area (Å²) in [5.41, 5.74) is 0.185. The van der Waals surface area contributed by atoms with E-state index in [0.717, 1.165) is 6.07 Å². The third-order valence-electron chi connectivity index (χ3n) is 2.74. The monoisotopic (exact) mass is 316 g/mol. The first-order valence-electron chi connectivity index (χ1n) is 6.32. The normalized spacial score (nSPS) is 10.8. The SMILES string of the molecule is C.[C-]#[N+]c1ccc(Oc2ccc(OC(C)C(=O)[O-])cc2)c(F)c1. The van der Waals surface area contributed by atoms with Crippen molar-refractivity contribution in [2.24, 2.45) is 0 Å². The van der Waals surface area contributed by atoms with E-state index in [4.69, 9.17) is 16.0 Å². The molecule has 0 heterocycles. The zero-order valence-electron chi connectivity index (χ0n) is 11.6. The molecule has 1 unspecified atom stereocenters. The van der Waals surface area contributed by atoms with Crippen LogP contribution in [0.5, 0.6) is 17.2 Å². The maximum atomic E-state index is 13.7. The van der Waals surface area contributed by atoms with Crippen molar-refractivity contribution in [3.63, 3.8) is 0 Å². The smallest absolute Gasteiger partial charge is 0.190 e. The standard InChI is InChI=1S/C16H12FNO4.CH4/c1-10(16(19)20)21-12-4-6-13(7-5-12)22-15-8-3-11(18-2)9-14(15)17;/h3-10H,1H3,(H,19,20);1H4/p-1. The van der Waals surface area contributed by atoms with Gasteiger partial charge in [-0.3, -0.25) is 0 Å². The highest BCUT2D eigenvalue weighted by Gasteiger charge is 2.08. The van der Waals surface area contributed by atoms with E-state index in [1.165, 1.54) is 43.3 Å². The van der Waals surface area contributed by atoms with Gasteiger partial charge in [-0.2, -0.15) is 0 Å². The van der Waals surface area contributed by atoms with E-state index in [1.807, 2.05) is 0 Å². The number of carbonyl (C=O) groups is 1. The highest BCUT2D eigenvalue weighted by Crippen LogP contribution is 2.28. The first kappa shape index (κ1) is 18.0. The molecule has 0 saturated heterocycles. The number of carboxylic acid groups (broad SMARTS) is 1. The fourth-order valence-corrected chi connectivity index (χ4v) is 1.61. The first-order chi connectivity index (χ1) is 10.5. The second-order valence-corrected chi connectivity index (χ2v) is 4.38. The fraction of sp³-hybridized carbons (Fsp3) is 0.176. The quantitative estimate of drug-likeness (QED) is 0.794. The minimum Gasteiger partial charge on any atom is -0.546 e. The van der Waals surface area contributed by atoms with Gasteiger partial charge in [-0.1, -0.05) is 13.5 Å². The van der Waals surface area contributed by atoms with Gasteiger partial charge in [-0.05, 0) is 43.3 Å². The van der Waals surface area contributed by atoms with Gasteiger partial charge in [0.1, 0.15) is 17.6 Å².